The van der Waals surface area contributed by atoms with Crippen LogP contribution in [-0.2, 0) is 11.3 Å². The van der Waals surface area contributed by atoms with Crippen molar-refractivity contribution >= 4 is 5.91 Å². The van der Waals surface area contributed by atoms with Crippen molar-refractivity contribution in [3.05, 3.63) is 29.8 Å². The Morgan fingerprint density at radius 3 is 2.48 bits per heavy atom. The summed E-state index contributed by atoms with van der Waals surface area (Å²) >= 11 is 0. The lowest BCUT2D eigenvalue weighted by atomic mass is 10.2. The van der Waals surface area contributed by atoms with Gasteiger partial charge in [-0.05, 0) is 37.6 Å². The van der Waals surface area contributed by atoms with Gasteiger partial charge in [0.15, 0.2) is 0 Å². The van der Waals surface area contributed by atoms with Crippen molar-refractivity contribution in [3.63, 3.8) is 0 Å². The molecule has 1 aromatic carbocycles. The summed E-state index contributed by atoms with van der Waals surface area (Å²) < 4.78 is 28.4. The number of alkyl halides is 2. The Bertz CT molecular complexity index is 459. The molecule has 1 saturated heterocycles. The molecule has 1 aromatic rings. The molecule has 116 valence electrons. The molecule has 21 heavy (non-hydrogen) atoms. The van der Waals surface area contributed by atoms with Crippen molar-refractivity contribution in [1.29, 1.82) is 0 Å². The third kappa shape index (κ3) is 4.97. The number of halogens is 2. The average molecular weight is 298 g/mol. The number of amides is 1. The van der Waals surface area contributed by atoms with E-state index in [1.807, 2.05) is 16.8 Å². The smallest absolute Gasteiger partial charge is 0.387 e. The number of carbonyl (C=O) groups is 1. The van der Waals surface area contributed by atoms with E-state index in [1.165, 1.54) is 12.1 Å². The van der Waals surface area contributed by atoms with Gasteiger partial charge in [0.25, 0.3) is 0 Å². The quantitative estimate of drug-likeness (QED) is 0.808. The molecule has 6 heteroatoms. The molecule has 0 saturated carbocycles. The second kappa shape index (κ2) is 7.36. The molecule has 2 rings (SSSR count). The van der Waals surface area contributed by atoms with Gasteiger partial charge in [-0.3, -0.25) is 9.69 Å². The van der Waals surface area contributed by atoms with Crippen molar-refractivity contribution in [3.8, 4) is 5.75 Å². The molecular formula is C15H20F2N2O2. The molecule has 0 atom stereocenters. The van der Waals surface area contributed by atoms with Crippen molar-refractivity contribution in [1.82, 2.24) is 9.80 Å². The fraction of sp³-hybridized carbons (Fsp3) is 0.533. The van der Waals surface area contributed by atoms with E-state index in [0.717, 1.165) is 31.5 Å². The molecule has 1 heterocycles. The molecule has 0 radical (unpaired) electrons. The van der Waals surface area contributed by atoms with Crippen LogP contribution in [0.3, 0.4) is 0 Å². The summed E-state index contributed by atoms with van der Waals surface area (Å²) in [6, 6.07) is 6.48. The van der Waals surface area contributed by atoms with E-state index in [2.05, 4.69) is 4.74 Å². The zero-order valence-corrected chi connectivity index (χ0v) is 12.1. The molecule has 0 bridgehead atoms. The maximum Gasteiger partial charge on any atom is 0.387 e. The Hall–Kier alpha value is -1.69. The lowest BCUT2D eigenvalue weighted by Crippen LogP contribution is -2.36. The van der Waals surface area contributed by atoms with Gasteiger partial charge in [-0.1, -0.05) is 12.1 Å². The van der Waals surface area contributed by atoms with Crippen molar-refractivity contribution in [2.24, 2.45) is 0 Å². The van der Waals surface area contributed by atoms with E-state index in [-0.39, 0.29) is 11.7 Å². The van der Waals surface area contributed by atoms with Gasteiger partial charge in [-0.2, -0.15) is 8.78 Å². The zero-order chi connectivity index (χ0) is 15.2. The molecule has 0 N–H and O–H groups in total. The van der Waals surface area contributed by atoms with Gasteiger partial charge in [0.1, 0.15) is 5.75 Å². The number of carbonyl (C=O) groups excluding carboxylic acids is 1. The third-order valence-electron chi connectivity index (χ3n) is 3.46. The first-order valence-corrected chi connectivity index (χ1v) is 7.04. The molecule has 1 fully saturated rings. The van der Waals surface area contributed by atoms with E-state index >= 15 is 0 Å². The second-order valence-corrected chi connectivity index (χ2v) is 5.28. The van der Waals surface area contributed by atoms with Crippen LogP contribution in [0.15, 0.2) is 24.3 Å². The SMILES string of the molecule is CN(CC(=O)N1CCCC1)Cc1ccc(OC(F)F)cc1. The molecule has 1 aliphatic heterocycles. The first-order valence-electron chi connectivity index (χ1n) is 7.04. The summed E-state index contributed by atoms with van der Waals surface area (Å²) in [4.78, 5) is 15.8. The minimum absolute atomic E-state index is 0.143. The molecule has 0 aliphatic carbocycles. The number of likely N-dealkylation sites (N-methyl/N-ethyl adjacent to an activating group) is 1. The molecule has 1 amide bonds. The maximum absolute atomic E-state index is 12.0. The van der Waals surface area contributed by atoms with Crippen LogP contribution in [-0.4, -0.2) is 49.0 Å². The van der Waals surface area contributed by atoms with Crippen LogP contribution in [0, 0.1) is 0 Å². The average Bonchev–Trinajstić information content (AvgIpc) is 2.94. The van der Waals surface area contributed by atoms with E-state index in [0.29, 0.717) is 13.1 Å². The van der Waals surface area contributed by atoms with Gasteiger partial charge < -0.3 is 9.64 Å². The Labute approximate surface area is 123 Å². The highest BCUT2D eigenvalue weighted by molar-refractivity contribution is 5.78. The lowest BCUT2D eigenvalue weighted by molar-refractivity contribution is -0.131. The Kier molecular flexibility index (Phi) is 5.50. The molecular weight excluding hydrogens is 278 g/mol. The standard InChI is InChI=1S/C15H20F2N2O2/c1-18(11-14(20)19-8-2-3-9-19)10-12-4-6-13(7-5-12)21-15(16)17/h4-7,15H,2-3,8-11H2,1H3. The van der Waals surface area contributed by atoms with Crippen molar-refractivity contribution in [2.75, 3.05) is 26.7 Å². The Morgan fingerprint density at radius 1 is 1.29 bits per heavy atom. The summed E-state index contributed by atoms with van der Waals surface area (Å²) in [5, 5.41) is 0. The molecule has 0 unspecified atom stereocenters. The van der Waals surface area contributed by atoms with Gasteiger partial charge in [0.2, 0.25) is 5.91 Å². The second-order valence-electron chi connectivity index (χ2n) is 5.28. The number of nitrogens with zero attached hydrogens (tertiary/aromatic N) is 2. The summed E-state index contributed by atoms with van der Waals surface area (Å²) in [6.45, 7) is -0.140. The molecule has 4 nitrogen and oxygen atoms in total. The first kappa shape index (κ1) is 15.7. The summed E-state index contributed by atoms with van der Waals surface area (Å²) in [7, 11) is 1.87. The number of rotatable bonds is 6. The Morgan fingerprint density at radius 2 is 1.90 bits per heavy atom. The number of hydrogen-bond acceptors (Lipinski definition) is 3. The predicted octanol–water partition coefficient (Wildman–Crippen LogP) is 2.34. The fourth-order valence-electron chi connectivity index (χ4n) is 2.44. The summed E-state index contributed by atoms with van der Waals surface area (Å²) in [6.07, 6.45) is 2.17. The van der Waals surface area contributed by atoms with Gasteiger partial charge >= 0.3 is 6.61 Å². The maximum atomic E-state index is 12.0. The fourth-order valence-corrected chi connectivity index (χ4v) is 2.44. The molecule has 0 spiro atoms. The van der Waals surface area contributed by atoms with Crippen LogP contribution in [0.5, 0.6) is 5.75 Å². The largest absolute Gasteiger partial charge is 0.435 e. The van der Waals surface area contributed by atoms with Gasteiger partial charge in [0.05, 0.1) is 6.54 Å². The number of likely N-dealkylation sites (tertiary alicyclic amines) is 1. The van der Waals surface area contributed by atoms with Crippen LogP contribution < -0.4 is 4.74 Å². The van der Waals surface area contributed by atoms with Crippen LogP contribution in [0.25, 0.3) is 0 Å². The van der Waals surface area contributed by atoms with Crippen LogP contribution in [0.1, 0.15) is 18.4 Å². The van der Waals surface area contributed by atoms with Crippen molar-refractivity contribution < 1.29 is 18.3 Å². The molecule has 0 aromatic heterocycles. The van der Waals surface area contributed by atoms with E-state index in [1.54, 1.807) is 12.1 Å². The van der Waals surface area contributed by atoms with Gasteiger partial charge in [0, 0.05) is 19.6 Å². The highest BCUT2D eigenvalue weighted by Crippen LogP contribution is 2.16. The minimum Gasteiger partial charge on any atom is -0.435 e. The predicted molar refractivity (Wildman–Crippen MR) is 75.2 cm³/mol. The van der Waals surface area contributed by atoms with Crippen molar-refractivity contribution in [2.45, 2.75) is 26.0 Å². The zero-order valence-electron chi connectivity index (χ0n) is 12.1. The highest BCUT2D eigenvalue weighted by Gasteiger charge is 2.19. The summed E-state index contributed by atoms with van der Waals surface area (Å²) in [5.74, 6) is 0.289. The van der Waals surface area contributed by atoms with E-state index < -0.39 is 6.61 Å². The third-order valence-corrected chi connectivity index (χ3v) is 3.46. The number of hydrogen-bond donors (Lipinski definition) is 0. The van der Waals surface area contributed by atoms with Gasteiger partial charge in [-0.15, -0.1) is 0 Å². The highest BCUT2D eigenvalue weighted by atomic mass is 19.3. The van der Waals surface area contributed by atoms with Crippen LogP contribution in [0.4, 0.5) is 8.78 Å². The summed E-state index contributed by atoms with van der Waals surface area (Å²) in [5.41, 5.74) is 0.952. The minimum atomic E-state index is -2.81. The van der Waals surface area contributed by atoms with Crippen LogP contribution >= 0.6 is 0 Å². The lowest BCUT2D eigenvalue weighted by Gasteiger charge is -2.21. The molecule has 1 aliphatic rings. The Balaban J connectivity index is 1.81. The first-order chi connectivity index (χ1) is 10.0. The van der Waals surface area contributed by atoms with E-state index in [4.69, 9.17) is 0 Å². The monoisotopic (exact) mass is 298 g/mol. The van der Waals surface area contributed by atoms with Gasteiger partial charge in [-0.25, -0.2) is 0 Å². The topological polar surface area (TPSA) is 32.8 Å². The number of benzene rings is 1. The number of ether oxygens (including phenoxy) is 1. The van der Waals surface area contributed by atoms with Crippen LogP contribution in [0.2, 0.25) is 0 Å². The normalized spacial score (nSPS) is 15.0. The van der Waals surface area contributed by atoms with E-state index in [9.17, 15) is 13.6 Å².